The molecule has 19 heavy (non-hydrogen) atoms. The van der Waals surface area contributed by atoms with Crippen LogP contribution >= 0.6 is 0 Å². The summed E-state index contributed by atoms with van der Waals surface area (Å²) in [5.74, 6) is -1.10. The molecule has 2 N–H and O–H groups in total. The molecule has 112 valence electrons. The van der Waals surface area contributed by atoms with Crippen LogP contribution in [0.15, 0.2) is 0 Å². The number of nitrogens with two attached hydrogens (primary N) is 1. The fraction of sp³-hybridized carbons (Fsp3) is 0.833. The molecule has 0 radical (unpaired) electrons. The molecule has 0 aliphatic rings. The number of rotatable bonds is 10. The van der Waals surface area contributed by atoms with Gasteiger partial charge in [0.2, 0.25) is 0 Å². The highest BCUT2D eigenvalue weighted by atomic mass is 32.2. The highest BCUT2D eigenvalue weighted by Gasteiger charge is 2.18. The molecule has 0 amide bonds. The van der Waals surface area contributed by atoms with Crippen molar-refractivity contribution in [3.8, 4) is 0 Å². The minimum absolute atomic E-state index is 0.0862. The quantitative estimate of drug-likeness (QED) is 0.602. The normalized spacial score (nSPS) is 13.0. The molecule has 1 atom stereocenters. The van der Waals surface area contributed by atoms with E-state index in [-0.39, 0.29) is 36.8 Å². The van der Waals surface area contributed by atoms with Gasteiger partial charge in [-0.05, 0) is 12.3 Å². The van der Waals surface area contributed by atoms with E-state index in [0.29, 0.717) is 6.42 Å². The van der Waals surface area contributed by atoms with Gasteiger partial charge < -0.3 is 9.92 Å². The molecule has 0 aromatic rings. The highest BCUT2D eigenvalue weighted by molar-refractivity contribution is 7.87. The second kappa shape index (κ2) is 9.03. The van der Waals surface area contributed by atoms with Crippen LogP contribution in [0.2, 0.25) is 0 Å². The van der Waals surface area contributed by atoms with Gasteiger partial charge in [0.05, 0.1) is 18.7 Å². The van der Waals surface area contributed by atoms with Gasteiger partial charge in [-0.1, -0.05) is 26.7 Å². The highest BCUT2D eigenvalue weighted by Crippen LogP contribution is 2.12. The largest absolute Gasteiger partial charge is 0.346 e. The van der Waals surface area contributed by atoms with Crippen LogP contribution in [0.4, 0.5) is 0 Å². The first-order chi connectivity index (χ1) is 8.80. The lowest BCUT2D eigenvalue weighted by molar-refractivity contribution is -0.135. The smallest absolute Gasteiger partial charge is 0.322 e. The summed E-state index contributed by atoms with van der Waals surface area (Å²) >= 11 is 0. The Labute approximate surface area is 114 Å². The van der Waals surface area contributed by atoms with Crippen LogP contribution in [0, 0.1) is 5.92 Å². The average Bonchev–Trinajstić information content (AvgIpc) is 2.33. The number of carbonyl (C=O) groups is 2. The zero-order chi connectivity index (χ0) is 14.9. The predicted molar refractivity (Wildman–Crippen MR) is 71.9 cm³/mol. The Hall–Kier alpha value is -0.950. The molecule has 0 aromatic carbocycles. The Balaban J connectivity index is 4.08. The minimum Gasteiger partial charge on any atom is -0.346 e. The predicted octanol–water partition coefficient (Wildman–Crippen LogP) is 0.994. The molecule has 0 rings (SSSR count). The molecule has 0 aliphatic heterocycles. The van der Waals surface area contributed by atoms with Crippen LogP contribution in [0.5, 0.6) is 0 Å². The first kappa shape index (κ1) is 18.0. The summed E-state index contributed by atoms with van der Waals surface area (Å²) in [6.45, 7) is 3.83. The van der Waals surface area contributed by atoms with Crippen LogP contribution in [0.3, 0.4) is 0 Å². The summed E-state index contributed by atoms with van der Waals surface area (Å²) in [5.41, 5.74) is 5.08. The van der Waals surface area contributed by atoms with Crippen LogP contribution in [0.25, 0.3) is 0 Å². The number of hydrogen-bond acceptors (Lipinski definition) is 6. The standard InChI is InChI=1S/C12H23NO5S/c1-3-4-10(2)7-8-19(16,17)18-12(15)6-5-11(14)9-13/h10H,3-9,13H2,1-2H3. The molecule has 0 spiro atoms. The Morgan fingerprint density at radius 3 is 2.37 bits per heavy atom. The van der Waals surface area contributed by atoms with Gasteiger partial charge in [-0.2, -0.15) is 8.42 Å². The van der Waals surface area contributed by atoms with Crippen molar-refractivity contribution in [1.29, 1.82) is 0 Å². The third kappa shape index (κ3) is 9.61. The molecule has 0 saturated carbocycles. The maximum absolute atomic E-state index is 11.5. The Kier molecular flexibility index (Phi) is 8.58. The van der Waals surface area contributed by atoms with Crippen molar-refractivity contribution in [3.05, 3.63) is 0 Å². The van der Waals surface area contributed by atoms with Crippen molar-refractivity contribution in [2.45, 2.75) is 46.0 Å². The summed E-state index contributed by atoms with van der Waals surface area (Å²) in [5, 5.41) is 0. The summed E-state index contributed by atoms with van der Waals surface area (Å²) < 4.78 is 27.4. The molecule has 0 fully saturated rings. The van der Waals surface area contributed by atoms with Crippen molar-refractivity contribution >= 4 is 21.9 Å². The monoisotopic (exact) mass is 293 g/mol. The van der Waals surface area contributed by atoms with Crippen molar-refractivity contribution in [1.82, 2.24) is 0 Å². The van der Waals surface area contributed by atoms with E-state index in [4.69, 9.17) is 5.73 Å². The van der Waals surface area contributed by atoms with E-state index in [1.165, 1.54) is 0 Å². The Morgan fingerprint density at radius 2 is 1.84 bits per heavy atom. The van der Waals surface area contributed by atoms with E-state index < -0.39 is 16.1 Å². The van der Waals surface area contributed by atoms with Crippen LogP contribution in [-0.2, 0) is 23.9 Å². The van der Waals surface area contributed by atoms with E-state index in [2.05, 4.69) is 4.18 Å². The van der Waals surface area contributed by atoms with E-state index in [1.54, 1.807) is 0 Å². The van der Waals surface area contributed by atoms with E-state index >= 15 is 0 Å². The second-order valence-corrected chi connectivity index (χ2v) is 6.33. The third-order valence-corrected chi connectivity index (χ3v) is 3.87. The third-order valence-electron chi connectivity index (χ3n) is 2.70. The van der Waals surface area contributed by atoms with Crippen molar-refractivity contribution in [2.24, 2.45) is 11.7 Å². The number of ketones is 1. The lowest BCUT2D eigenvalue weighted by Gasteiger charge is -2.10. The molecule has 1 unspecified atom stereocenters. The van der Waals surface area contributed by atoms with Crippen molar-refractivity contribution < 1.29 is 22.2 Å². The maximum Gasteiger partial charge on any atom is 0.322 e. The summed E-state index contributed by atoms with van der Waals surface area (Å²) in [7, 11) is -3.84. The molecule has 6 nitrogen and oxygen atoms in total. The van der Waals surface area contributed by atoms with Gasteiger partial charge in [0.1, 0.15) is 5.78 Å². The van der Waals surface area contributed by atoms with E-state index in [9.17, 15) is 18.0 Å². The lowest BCUT2D eigenvalue weighted by atomic mass is 10.0. The topological polar surface area (TPSA) is 104 Å². The van der Waals surface area contributed by atoms with Gasteiger partial charge in [0, 0.05) is 6.42 Å². The SMILES string of the molecule is CCCC(C)CCS(=O)(=O)OC(=O)CCC(=O)CN. The molecule has 0 saturated heterocycles. The number of Topliss-reactive ketones (excluding diaryl/α,β-unsaturated/α-hetero) is 1. The van der Waals surface area contributed by atoms with Gasteiger partial charge >= 0.3 is 16.1 Å². The van der Waals surface area contributed by atoms with E-state index in [1.807, 2.05) is 13.8 Å². The van der Waals surface area contributed by atoms with Gasteiger partial charge in [0.25, 0.3) is 0 Å². The fourth-order valence-corrected chi connectivity index (χ4v) is 2.69. The van der Waals surface area contributed by atoms with Crippen LogP contribution in [-0.4, -0.2) is 32.5 Å². The minimum atomic E-state index is -3.84. The molecular weight excluding hydrogens is 270 g/mol. The van der Waals surface area contributed by atoms with Gasteiger partial charge in [-0.3, -0.25) is 9.59 Å². The molecule has 7 heteroatoms. The summed E-state index contributed by atoms with van der Waals surface area (Å²) in [4.78, 5) is 22.1. The molecule has 0 aliphatic carbocycles. The van der Waals surface area contributed by atoms with Crippen LogP contribution < -0.4 is 5.73 Å². The first-order valence-electron chi connectivity index (χ1n) is 6.47. The summed E-state index contributed by atoms with van der Waals surface area (Å²) in [6, 6.07) is 0. The van der Waals surface area contributed by atoms with Gasteiger partial charge in [-0.15, -0.1) is 0 Å². The number of hydrogen-bond donors (Lipinski definition) is 1. The Bertz CT molecular complexity index is 391. The van der Waals surface area contributed by atoms with E-state index in [0.717, 1.165) is 12.8 Å². The van der Waals surface area contributed by atoms with Crippen molar-refractivity contribution in [2.75, 3.05) is 12.3 Å². The second-order valence-electron chi connectivity index (χ2n) is 4.64. The first-order valence-corrected chi connectivity index (χ1v) is 8.05. The van der Waals surface area contributed by atoms with Gasteiger partial charge in [0.15, 0.2) is 0 Å². The number of carbonyl (C=O) groups excluding carboxylic acids is 2. The zero-order valence-corrected chi connectivity index (χ0v) is 12.4. The van der Waals surface area contributed by atoms with Crippen LogP contribution in [0.1, 0.15) is 46.0 Å². The maximum atomic E-state index is 11.5. The molecule has 0 bridgehead atoms. The molecule has 0 aromatic heterocycles. The zero-order valence-electron chi connectivity index (χ0n) is 11.6. The fourth-order valence-electron chi connectivity index (χ4n) is 1.55. The van der Waals surface area contributed by atoms with Gasteiger partial charge in [-0.25, -0.2) is 0 Å². The van der Waals surface area contributed by atoms with Crippen molar-refractivity contribution in [3.63, 3.8) is 0 Å². The molecular formula is C12H23NO5S. The summed E-state index contributed by atoms with van der Waals surface area (Å²) in [6.07, 6.45) is 2.05. The molecule has 0 heterocycles. The lowest BCUT2D eigenvalue weighted by Crippen LogP contribution is -2.20. The average molecular weight is 293 g/mol. The Morgan fingerprint density at radius 1 is 1.21 bits per heavy atom.